The number of rotatable bonds is 3. The van der Waals surface area contributed by atoms with Gasteiger partial charge in [-0.25, -0.2) is 4.68 Å². The SMILES string of the molecule is CC(C)c1c(N)nnn1Cc1ccc(Br)o1. The lowest BCUT2D eigenvalue weighted by atomic mass is 10.1. The van der Waals surface area contributed by atoms with Gasteiger partial charge in [0.2, 0.25) is 0 Å². The summed E-state index contributed by atoms with van der Waals surface area (Å²) in [5, 5.41) is 7.89. The van der Waals surface area contributed by atoms with Crippen LogP contribution in [-0.2, 0) is 6.54 Å². The van der Waals surface area contributed by atoms with Gasteiger partial charge in [-0.05, 0) is 34.0 Å². The van der Waals surface area contributed by atoms with Crippen LogP contribution in [0.1, 0.15) is 31.2 Å². The highest BCUT2D eigenvalue weighted by atomic mass is 79.9. The van der Waals surface area contributed by atoms with Crippen LogP contribution in [0.5, 0.6) is 0 Å². The molecular weight excluding hydrogens is 272 g/mol. The molecule has 0 bridgehead atoms. The zero-order valence-electron chi connectivity index (χ0n) is 9.14. The number of nitrogens with two attached hydrogens (primary N) is 1. The molecule has 5 nitrogen and oxygen atoms in total. The summed E-state index contributed by atoms with van der Waals surface area (Å²) in [5.41, 5.74) is 6.70. The number of nitrogen functional groups attached to an aromatic ring is 1. The van der Waals surface area contributed by atoms with Crippen LogP contribution in [0.2, 0.25) is 0 Å². The standard InChI is InChI=1S/C10H13BrN4O/c1-6(2)9-10(12)13-14-15(9)5-7-3-4-8(11)16-7/h3-4,6H,5,12H2,1-2H3. The van der Waals surface area contributed by atoms with Gasteiger partial charge in [0.15, 0.2) is 10.5 Å². The number of halogens is 1. The highest BCUT2D eigenvalue weighted by molar-refractivity contribution is 9.10. The maximum atomic E-state index is 5.77. The van der Waals surface area contributed by atoms with Crippen molar-refractivity contribution in [2.75, 3.05) is 5.73 Å². The molecule has 0 saturated carbocycles. The Morgan fingerprint density at radius 1 is 1.50 bits per heavy atom. The molecular formula is C10H13BrN4O. The summed E-state index contributed by atoms with van der Waals surface area (Å²) in [6.07, 6.45) is 0. The molecule has 6 heteroatoms. The molecule has 2 rings (SSSR count). The van der Waals surface area contributed by atoms with Crippen molar-refractivity contribution in [3.05, 3.63) is 28.3 Å². The first-order valence-electron chi connectivity index (χ1n) is 5.01. The van der Waals surface area contributed by atoms with Crippen LogP contribution in [0.3, 0.4) is 0 Å². The summed E-state index contributed by atoms with van der Waals surface area (Å²) in [7, 11) is 0. The third kappa shape index (κ3) is 2.11. The van der Waals surface area contributed by atoms with Crippen LogP contribution >= 0.6 is 15.9 Å². The van der Waals surface area contributed by atoms with Crippen LogP contribution in [0.25, 0.3) is 0 Å². The third-order valence-electron chi connectivity index (χ3n) is 2.28. The van der Waals surface area contributed by atoms with E-state index >= 15 is 0 Å². The molecule has 0 amide bonds. The van der Waals surface area contributed by atoms with E-state index < -0.39 is 0 Å². The third-order valence-corrected chi connectivity index (χ3v) is 2.71. The van der Waals surface area contributed by atoms with E-state index in [4.69, 9.17) is 10.2 Å². The average Bonchev–Trinajstić information content (AvgIpc) is 2.74. The molecule has 0 spiro atoms. The van der Waals surface area contributed by atoms with Gasteiger partial charge < -0.3 is 10.2 Å². The minimum absolute atomic E-state index is 0.286. The fraction of sp³-hybridized carbons (Fsp3) is 0.400. The van der Waals surface area contributed by atoms with Crippen LogP contribution < -0.4 is 5.73 Å². The van der Waals surface area contributed by atoms with Crippen molar-refractivity contribution in [1.29, 1.82) is 0 Å². The molecule has 0 fully saturated rings. The Hall–Kier alpha value is -1.30. The van der Waals surface area contributed by atoms with E-state index in [2.05, 4.69) is 40.1 Å². The highest BCUT2D eigenvalue weighted by Crippen LogP contribution is 2.21. The molecule has 2 aromatic rings. The number of anilines is 1. The summed E-state index contributed by atoms with van der Waals surface area (Å²) in [6.45, 7) is 4.66. The largest absolute Gasteiger partial charge is 0.452 e. The molecule has 2 N–H and O–H groups in total. The fourth-order valence-corrected chi connectivity index (χ4v) is 1.97. The van der Waals surface area contributed by atoms with Crippen molar-refractivity contribution in [2.24, 2.45) is 0 Å². The van der Waals surface area contributed by atoms with E-state index in [9.17, 15) is 0 Å². The van der Waals surface area contributed by atoms with E-state index in [-0.39, 0.29) is 5.92 Å². The number of hydrogen-bond acceptors (Lipinski definition) is 4. The predicted molar refractivity (Wildman–Crippen MR) is 64.0 cm³/mol. The van der Waals surface area contributed by atoms with Crippen molar-refractivity contribution in [1.82, 2.24) is 15.0 Å². The van der Waals surface area contributed by atoms with Gasteiger partial charge in [-0.15, -0.1) is 5.10 Å². The number of aromatic nitrogens is 3. The zero-order chi connectivity index (χ0) is 11.7. The lowest BCUT2D eigenvalue weighted by molar-refractivity contribution is 0.451. The Bertz CT molecular complexity index is 489. The number of hydrogen-bond donors (Lipinski definition) is 1. The van der Waals surface area contributed by atoms with Gasteiger partial charge in [0.1, 0.15) is 12.3 Å². The smallest absolute Gasteiger partial charge is 0.169 e. The van der Waals surface area contributed by atoms with E-state index in [0.717, 1.165) is 11.5 Å². The molecule has 0 radical (unpaired) electrons. The molecule has 0 aliphatic rings. The maximum Gasteiger partial charge on any atom is 0.169 e. The second kappa shape index (κ2) is 4.29. The Balaban J connectivity index is 2.28. The normalized spacial score (nSPS) is 11.2. The Kier molecular flexibility index (Phi) is 3.00. The molecule has 2 aromatic heterocycles. The van der Waals surface area contributed by atoms with Gasteiger partial charge in [0, 0.05) is 0 Å². The first-order chi connectivity index (χ1) is 7.58. The van der Waals surface area contributed by atoms with Crippen molar-refractivity contribution in [3.8, 4) is 0 Å². The number of nitrogens with zero attached hydrogens (tertiary/aromatic N) is 3. The predicted octanol–water partition coefficient (Wildman–Crippen LogP) is 2.39. The van der Waals surface area contributed by atoms with Gasteiger partial charge >= 0.3 is 0 Å². The first kappa shape index (κ1) is 11.2. The van der Waals surface area contributed by atoms with E-state index in [1.54, 1.807) is 4.68 Å². The molecule has 16 heavy (non-hydrogen) atoms. The summed E-state index contributed by atoms with van der Waals surface area (Å²) >= 11 is 3.26. The molecule has 86 valence electrons. The first-order valence-corrected chi connectivity index (χ1v) is 5.80. The molecule has 0 aliphatic carbocycles. The molecule has 0 unspecified atom stereocenters. The molecule has 2 heterocycles. The van der Waals surface area contributed by atoms with Crippen molar-refractivity contribution < 1.29 is 4.42 Å². The molecule has 0 saturated heterocycles. The van der Waals surface area contributed by atoms with Gasteiger partial charge in [-0.3, -0.25) is 0 Å². The van der Waals surface area contributed by atoms with Gasteiger partial charge in [0.05, 0.1) is 5.69 Å². The van der Waals surface area contributed by atoms with Crippen molar-refractivity contribution in [3.63, 3.8) is 0 Å². The zero-order valence-corrected chi connectivity index (χ0v) is 10.7. The Morgan fingerprint density at radius 3 is 2.81 bits per heavy atom. The molecule has 0 atom stereocenters. The van der Waals surface area contributed by atoms with Gasteiger partial charge in [-0.2, -0.15) is 0 Å². The minimum atomic E-state index is 0.286. The van der Waals surface area contributed by atoms with Crippen LogP contribution in [0, 0.1) is 0 Å². The fourth-order valence-electron chi connectivity index (χ4n) is 1.63. The minimum Gasteiger partial charge on any atom is -0.452 e. The Labute approximate surface area is 102 Å². The van der Waals surface area contributed by atoms with E-state index in [1.165, 1.54) is 0 Å². The topological polar surface area (TPSA) is 69.9 Å². The maximum absolute atomic E-state index is 5.77. The van der Waals surface area contributed by atoms with Gasteiger partial charge in [0.25, 0.3) is 0 Å². The highest BCUT2D eigenvalue weighted by Gasteiger charge is 2.14. The van der Waals surface area contributed by atoms with Crippen molar-refractivity contribution in [2.45, 2.75) is 26.3 Å². The molecule has 0 aliphatic heterocycles. The van der Waals surface area contributed by atoms with Crippen LogP contribution in [-0.4, -0.2) is 15.0 Å². The van der Waals surface area contributed by atoms with Crippen LogP contribution in [0.15, 0.2) is 21.2 Å². The summed E-state index contributed by atoms with van der Waals surface area (Å²) < 4.78 is 7.90. The monoisotopic (exact) mass is 284 g/mol. The quantitative estimate of drug-likeness (QED) is 0.940. The van der Waals surface area contributed by atoms with Gasteiger partial charge in [-0.1, -0.05) is 19.1 Å². The Morgan fingerprint density at radius 2 is 2.25 bits per heavy atom. The second-order valence-electron chi connectivity index (χ2n) is 3.88. The van der Waals surface area contributed by atoms with E-state index in [1.807, 2.05) is 12.1 Å². The summed E-state index contributed by atoms with van der Waals surface area (Å²) in [4.78, 5) is 0. The number of furan rings is 1. The van der Waals surface area contributed by atoms with Crippen LogP contribution in [0.4, 0.5) is 5.82 Å². The van der Waals surface area contributed by atoms with E-state index in [0.29, 0.717) is 17.0 Å². The lowest BCUT2D eigenvalue weighted by Crippen LogP contribution is -2.08. The average molecular weight is 285 g/mol. The second-order valence-corrected chi connectivity index (χ2v) is 4.66. The summed E-state index contributed by atoms with van der Waals surface area (Å²) in [5.74, 6) is 1.59. The lowest BCUT2D eigenvalue weighted by Gasteiger charge is -2.07. The van der Waals surface area contributed by atoms with Crippen molar-refractivity contribution >= 4 is 21.7 Å². The molecule has 0 aromatic carbocycles. The summed E-state index contributed by atoms with van der Waals surface area (Å²) in [6, 6.07) is 3.75.